The molecule has 262 valence electrons. The van der Waals surface area contributed by atoms with Crippen molar-refractivity contribution in [3.05, 3.63) is 96.1 Å². The third-order valence-electron chi connectivity index (χ3n) is 10.9. The molecule has 1 spiro atoms. The van der Waals surface area contributed by atoms with Crippen molar-refractivity contribution < 1.29 is 24.2 Å². The van der Waals surface area contributed by atoms with Gasteiger partial charge in [0, 0.05) is 30.0 Å². The molecule has 0 aromatic heterocycles. The van der Waals surface area contributed by atoms with E-state index in [-0.39, 0.29) is 55.1 Å². The van der Waals surface area contributed by atoms with Crippen LogP contribution >= 0.6 is 0 Å². The first-order valence-corrected chi connectivity index (χ1v) is 20.9. The van der Waals surface area contributed by atoms with E-state index in [4.69, 9.17) is 4.74 Å². The summed E-state index contributed by atoms with van der Waals surface area (Å²) >= 11 is 0. The number of piperidine rings is 1. The van der Waals surface area contributed by atoms with Crippen molar-refractivity contribution in [1.29, 1.82) is 0 Å². The molecule has 9 nitrogen and oxygen atoms in total. The third kappa shape index (κ3) is 7.63. The number of carbonyl (C=O) groups is 2. The first-order valence-electron chi connectivity index (χ1n) is 17.9. The van der Waals surface area contributed by atoms with Gasteiger partial charge in [-0.1, -0.05) is 67.6 Å². The summed E-state index contributed by atoms with van der Waals surface area (Å²) in [5, 5.41) is 13.1. The van der Waals surface area contributed by atoms with E-state index in [0.717, 1.165) is 61.3 Å². The Morgan fingerprint density at radius 2 is 1.61 bits per heavy atom. The van der Waals surface area contributed by atoms with Crippen LogP contribution in [0.3, 0.4) is 0 Å². The fourth-order valence-corrected chi connectivity index (χ4v) is 11.1. The molecule has 0 radical (unpaired) electrons. The van der Waals surface area contributed by atoms with Gasteiger partial charge in [0.1, 0.15) is 5.54 Å². The number of aryl methyl sites for hydroxylation is 1. The van der Waals surface area contributed by atoms with Gasteiger partial charge in [-0.2, -0.15) is 0 Å². The quantitative estimate of drug-likeness (QED) is 0.233. The van der Waals surface area contributed by atoms with Gasteiger partial charge in [0.05, 0.1) is 31.9 Å². The maximum Gasteiger partial charge on any atom is 0.254 e. The number of aliphatic hydroxyl groups excluding tert-OH is 1. The summed E-state index contributed by atoms with van der Waals surface area (Å²) in [5.74, 6) is 0.182. The molecule has 6 rings (SSSR count). The number of benzene rings is 3. The molecule has 0 unspecified atom stereocenters. The zero-order valence-corrected chi connectivity index (χ0v) is 30.1. The highest BCUT2D eigenvalue weighted by atomic mass is 28.4. The number of aliphatic hydroxyl groups is 1. The Morgan fingerprint density at radius 3 is 2.29 bits per heavy atom. The normalized spacial score (nSPS) is 23.7. The number of carbonyl (C=O) groups excluding carboxylic acids is 2. The molecule has 0 saturated carbocycles. The second kappa shape index (κ2) is 15.1. The molecule has 0 bridgehead atoms. The number of nitrogens with zero attached hydrogens (tertiary/aromatic N) is 3. The minimum absolute atomic E-state index is 0.0713. The number of amides is 2. The van der Waals surface area contributed by atoms with E-state index < -0.39 is 13.9 Å². The van der Waals surface area contributed by atoms with Crippen LogP contribution in [0.4, 0.5) is 11.4 Å². The van der Waals surface area contributed by atoms with E-state index in [9.17, 15) is 19.5 Å². The number of nitrogens with one attached hydrogen (secondary N) is 1. The Kier molecular flexibility index (Phi) is 10.9. The Morgan fingerprint density at radius 1 is 0.959 bits per heavy atom. The summed E-state index contributed by atoms with van der Waals surface area (Å²) < 4.78 is 6.66. The van der Waals surface area contributed by atoms with E-state index in [1.54, 1.807) is 4.90 Å². The van der Waals surface area contributed by atoms with E-state index in [0.29, 0.717) is 13.2 Å². The van der Waals surface area contributed by atoms with Crippen LogP contribution in [-0.2, 0) is 27.3 Å². The predicted molar refractivity (Wildman–Crippen MR) is 196 cm³/mol. The average Bonchev–Trinajstić information content (AvgIpc) is 3.57. The van der Waals surface area contributed by atoms with Gasteiger partial charge < -0.3 is 29.8 Å². The van der Waals surface area contributed by atoms with Gasteiger partial charge in [0.2, 0.25) is 5.91 Å². The van der Waals surface area contributed by atoms with Gasteiger partial charge in [0.25, 0.3) is 5.91 Å². The van der Waals surface area contributed by atoms with Gasteiger partial charge in [-0.25, -0.2) is 0 Å². The van der Waals surface area contributed by atoms with Gasteiger partial charge >= 0.3 is 0 Å². The number of hydrogen-bond acceptors (Lipinski definition) is 7. The van der Waals surface area contributed by atoms with Crippen molar-refractivity contribution >= 4 is 31.5 Å². The highest BCUT2D eigenvalue weighted by Gasteiger charge is 2.53. The lowest BCUT2D eigenvalue weighted by Crippen LogP contribution is -2.55. The highest BCUT2D eigenvalue weighted by Crippen LogP contribution is 2.46. The topological polar surface area (TPSA) is 106 Å². The van der Waals surface area contributed by atoms with Crippen LogP contribution in [-0.4, -0.2) is 85.6 Å². The van der Waals surface area contributed by atoms with Crippen LogP contribution in [0.5, 0.6) is 0 Å². The summed E-state index contributed by atoms with van der Waals surface area (Å²) in [7, 11) is -2.68. The minimum atomic E-state index is -2.68. The Hall–Kier alpha value is -3.54. The number of rotatable bonds is 12. The highest BCUT2D eigenvalue weighted by molar-refractivity contribution is 6.71. The first-order chi connectivity index (χ1) is 23.6. The van der Waals surface area contributed by atoms with Crippen LogP contribution in [0.15, 0.2) is 84.9 Å². The fraction of sp³-hybridized carbons (Fsp3) is 0.487. The Bertz CT molecular complexity index is 1560. The SMILES string of the molecule is C[C@H]1[C@H]([Si](C)(C)O)[C@@H](CC(=O)N(CCO)Cc2ccccc2)O[C@H]1CCc1cccc(N2CN(c3ccccc3)C3(CCNCC3)C2=O)c1. The van der Waals surface area contributed by atoms with Gasteiger partial charge in [-0.3, -0.25) is 14.5 Å². The molecule has 3 fully saturated rings. The molecule has 3 aliphatic heterocycles. The van der Waals surface area contributed by atoms with E-state index in [1.165, 1.54) is 0 Å². The van der Waals surface area contributed by atoms with Crippen LogP contribution in [0.25, 0.3) is 0 Å². The predicted octanol–water partition coefficient (Wildman–Crippen LogP) is 4.93. The number of para-hydroxylation sites is 1. The fourth-order valence-electron chi connectivity index (χ4n) is 8.48. The molecule has 3 heterocycles. The van der Waals surface area contributed by atoms with Crippen molar-refractivity contribution in [3.63, 3.8) is 0 Å². The van der Waals surface area contributed by atoms with Crippen molar-refractivity contribution in [2.75, 3.05) is 42.7 Å². The molecule has 3 aliphatic rings. The second-order valence-electron chi connectivity index (χ2n) is 14.6. The molecule has 49 heavy (non-hydrogen) atoms. The van der Waals surface area contributed by atoms with Crippen LogP contribution in [0.1, 0.15) is 43.7 Å². The largest absolute Gasteiger partial charge is 0.432 e. The van der Waals surface area contributed by atoms with E-state index in [1.807, 2.05) is 78.7 Å². The van der Waals surface area contributed by atoms with Crippen LogP contribution in [0.2, 0.25) is 18.6 Å². The molecule has 10 heteroatoms. The monoisotopic (exact) mass is 684 g/mol. The van der Waals surface area contributed by atoms with Gasteiger partial charge in [-0.15, -0.1) is 0 Å². The number of anilines is 2. The molecule has 0 aliphatic carbocycles. The standard InChI is InChI=1S/C39H52N4O5Si/c1-29-34(48-35(37(29)49(2,3)47)26-36(45)41(23-24-44)27-31-11-6-4-7-12-31)18-17-30-13-10-16-33(25-30)42-28-43(32-14-8-5-9-15-32)39(38(42)46)19-21-40-22-20-39/h4-16,25,29,34-35,37,40,44,47H,17-24,26-28H2,1-3H3/t29-,34+,35-,37+/m1/s1. The van der Waals surface area contributed by atoms with E-state index in [2.05, 4.69) is 41.4 Å². The zero-order chi connectivity index (χ0) is 34.6. The summed E-state index contributed by atoms with van der Waals surface area (Å²) in [6.07, 6.45) is 2.74. The summed E-state index contributed by atoms with van der Waals surface area (Å²) in [6.45, 7) is 8.74. The van der Waals surface area contributed by atoms with Crippen LogP contribution < -0.4 is 15.1 Å². The third-order valence-corrected chi connectivity index (χ3v) is 13.4. The lowest BCUT2D eigenvalue weighted by Gasteiger charge is -2.39. The van der Waals surface area contributed by atoms with Crippen molar-refractivity contribution in [2.45, 2.75) is 82.0 Å². The lowest BCUT2D eigenvalue weighted by atomic mass is 9.86. The Labute approximate surface area is 292 Å². The smallest absolute Gasteiger partial charge is 0.254 e. The first kappa shape index (κ1) is 35.3. The Balaban J connectivity index is 1.14. The minimum Gasteiger partial charge on any atom is -0.432 e. The maximum absolute atomic E-state index is 14.2. The average molecular weight is 685 g/mol. The second-order valence-corrected chi connectivity index (χ2v) is 18.6. The molecule has 2 amide bonds. The molecule has 3 saturated heterocycles. The molecular formula is C39H52N4O5Si. The summed E-state index contributed by atoms with van der Waals surface area (Å²) in [4.78, 5) is 45.1. The zero-order valence-electron chi connectivity index (χ0n) is 29.1. The number of ether oxygens (including phenoxy) is 1. The van der Waals surface area contributed by atoms with Crippen molar-refractivity contribution in [2.24, 2.45) is 5.92 Å². The number of hydrogen-bond donors (Lipinski definition) is 3. The maximum atomic E-state index is 14.2. The van der Waals surface area contributed by atoms with Crippen LogP contribution in [0, 0.1) is 5.92 Å². The van der Waals surface area contributed by atoms with Gasteiger partial charge in [0.15, 0.2) is 8.32 Å². The molecule has 3 aromatic carbocycles. The molecule has 4 atom stereocenters. The van der Waals surface area contributed by atoms with Crippen molar-refractivity contribution in [1.82, 2.24) is 10.2 Å². The lowest BCUT2D eigenvalue weighted by molar-refractivity contribution is -0.135. The molecule has 3 aromatic rings. The van der Waals surface area contributed by atoms with Crippen molar-refractivity contribution in [3.8, 4) is 0 Å². The molecular weight excluding hydrogens is 633 g/mol. The molecule has 3 N–H and O–H groups in total. The van der Waals surface area contributed by atoms with E-state index >= 15 is 0 Å². The summed E-state index contributed by atoms with van der Waals surface area (Å²) in [5.41, 5.74) is 3.48. The summed E-state index contributed by atoms with van der Waals surface area (Å²) in [6, 6.07) is 28.4. The van der Waals surface area contributed by atoms with Gasteiger partial charge in [-0.05, 0) is 93.2 Å².